The molecule has 3 aromatic rings. The van der Waals surface area contributed by atoms with Crippen molar-refractivity contribution >= 4 is 21.6 Å². The molecule has 4 rings (SSSR count). The highest BCUT2D eigenvalue weighted by atomic mass is 32.1. The van der Waals surface area contributed by atoms with Gasteiger partial charge in [0.1, 0.15) is 18.1 Å². The third kappa shape index (κ3) is 4.00. The smallest absolute Gasteiger partial charge is 0.123 e. The first-order valence-electron chi connectivity index (χ1n) is 9.16. The van der Waals surface area contributed by atoms with Crippen LogP contribution in [0.4, 0.5) is 0 Å². The zero-order chi connectivity index (χ0) is 17.8. The van der Waals surface area contributed by atoms with Gasteiger partial charge in [-0.05, 0) is 50.2 Å². The van der Waals surface area contributed by atoms with Gasteiger partial charge in [-0.15, -0.1) is 11.3 Å². The number of benzene rings is 2. The van der Waals surface area contributed by atoms with Crippen molar-refractivity contribution in [3.63, 3.8) is 0 Å². The van der Waals surface area contributed by atoms with E-state index in [4.69, 9.17) is 14.5 Å². The number of hydrogen-bond acceptors (Lipinski definition) is 5. The van der Waals surface area contributed by atoms with Gasteiger partial charge in [-0.1, -0.05) is 18.2 Å². The predicted octanol–water partition coefficient (Wildman–Crippen LogP) is 4.56. The van der Waals surface area contributed by atoms with Crippen molar-refractivity contribution < 1.29 is 9.47 Å². The molecule has 1 aliphatic rings. The van der Waals surface area contributed by atoms with E-state index in [-0.39, 0.29) is 0 Å². The Hall–Kier alpha value is -2.11. The molecular weight excluding hydrogens is 344 g/mol. The SMILES string of the molecule is COc1cccc(OCCN2CCC(c3nc4ccccc4s3)CC2)c1. The van der Waals surface area contributed by atoms with Crippen LogP contribution in [0.5, 0.6) is 11.5 Å². The van der Waals surface area contributed by atoms with Gasteiger partial charge in [0.15, 0.2) is 0 Å². The zero-order valence-electron chi connectivity index (χ0n) is 15.1. The van der Waals surface area contributed by atoms with Gasteiger partial charge in [0.05, 0.1) is 22.3 Å². The number of nitrogens with zero attached hydrogens (tertiary/aromatic N) is 2. The summed E-state index contributed by atoms with van der Waals surface area (Å²) in [4.78, 5) is 7.33. The number of likely N-dealkylation sites (tertiary alicyclic amines) is 1. The van der Waals surface area contributed by atoms with Crippen LogP contribution in [-0.4, -0.2) is 43.2 Å². The topological polar surface area (TPSA) is 34.6 Å². The van der Waals surface area contributed by atoms with Crippen LogP contribution in [0.25, 0.3) is 10.2 Å². The average Bonchev–Trinajstić information content (AvgIpc) is 3.13. The maximum atomic E-state index is 5.87. The molecular formula is C21H24N2O2S. The van der Waals surface area contributed by atoms with E-state index in [1.54, 1.807) is 7.11 Å². The Balaban J connectivity index is 1.25. The van der Waals surface area contributed by atoms with Crippen molar-refractivity contribution in [2.24, 2.45) is 0 Å². The van der Waals surface area contributed by atoms with Gasteiger partial charge in [0, 0.05) is 18.5 Å². The minimum atomic E-state index is 0.600. The molecule has 26 heavy (non-hydrogen) atoms. The summed E-state index contributed by atoms with van der Waals surface area (Å²) in [6.45, 7) is 3.90. The molecule has 0 atom stereocenters. The number of para-hydroxylation sites is 1. The van der Waals surface area contributed by atoms with Crippen LogP contribution in [0.3, 0.4) is 0 Å². The second kappa shape index (κ2) is 8.06. The molecule has 0 aliphatic carbocycles. The van der Waals surface area contributed by atoms with Crippen molar-refractivity contribution in [2.75, 3.05) is 33.4 Å². The molecule has 1 aliphatic heterocycles. The minimum Gasteiger partial charge on any atom is -0.497 e. The Morgan fingerprint density at radius 3 is 2.69 bits per heavy atom. The summed E-state index contributed by atoms with van der Waals surface area (Å²) >= 11 is 1.86. The molecule has 2 aromatic carbocycles. The molecule has 4 nitrogen and oxygen atoms in total. The molecule has 2 heterocycles. The van der Waals surface area contributed by atoms with Crippen LogP contribution in [0.1, 0.15) is 23.8 Å². The summed E-state index contributed by atoms with van der Waals surface area (Å²) in [5, 5.41) is 1.30. The van der Waals surface area contributed by atoms with Gasteiger partial charge in [0.25, 0.3) is 0 Å². The third-order valence-corrected chi connectivity index (χ3v) is 6.16. The summed E-state index contributed by atoms with van der Waals surface area (Å²) in [6.07, 6.45) is 2.36. The van der Waals surface area contributed by atoms with E-state index in [1.165, 1.54) is 22.5 Å². The van der Waals surface area contributed by atoms with Crippen LogP contribution in [0.15, 0.2) is 48.5 Å². The van der Waals surface area contributed by atoms with E-state index < -0.39 is 0 Å². The number of methoxy groups -OCH3 is 1. The van der Waals surface area contributed by atoms with Gasteiger partial charge in [-0.2, -0.15) is 0 Å². The van der Waals surface area contributed by atoms with Crippen LogP contribution in [0, 0.1) is 0 Å². The Kier molecular flexibility index (Phi) is 5.37. The van der Waals surface area contributed by atoms with Gasteiger partial charge in [-0.25, -0.2) is 4.98 Å². The van der Waals surface area contributed by atoms with Crippen LogP contribution in [0.2, 0.25) is 0 Å². The monoisotopic (exact) mass is 368 g/mol. The number of aromatic nitrogens is 1. The summed E-state index contributed by atoms with van der Waals surface area (Å²) in [5.74, 6) is 2.30. The number of thiazole rings is 1. The van der Waals surface area contributed by atoms with E-state index in [1.807, 2.05) is 35.6 Å². The Morgan fingerprint density at radius 2 is 1.88 bits per heavy atom. The third-order valence-electron chi connectivity index (χ3n) is 4.96. The Morgan fingerprint density at radius 1 is 1.08 bits per heavy atom. The number of rotatable bonds is 6. The molecule has 0 radical (unpaired) electrons. The number of fused-ring (bicyclic) bond motifs is 1. The van der Waals surface area contributed by atoms with Crippen molar-refractivity contribution in [3.05, 3.63) is 53.5 Å². The number of hydrogen-bond donors (Lipinski definition) is 0. The lowest BCUT2D eigenvalue weighted by Gasteiger charge is -2.30. The van der Waals surface area contributed by atoms with Gasteiger partial charge in [-0.3, -0.25) is 4.90 Å². The lowest BCUT2D eigenvalue weighted by Crippen LogP contribution is -2.35. The molecule has 1 aromatic heterocycles. The molecule has 0 spiro atoms. The van der Waals surface area contributed by atoms with Crippen molar-refractivity contribution in [1.82, 2.24) is 9.88 Å². The fraction of sp³-hybridized carbons (Fsp3) is 0.381. The van der Waals surface area contributed by atoms with Gasteiger partial charge >= 0.3 is 0 Å². The van der Waals surface area contributed by atoms with Crippen molar-refractivity contribution in [3.8, 4) is 11.5 Å². The fourth-order valence-electron chi connectivity index (χ4n) is 3.45. The highest BCUT2D eigenvalue weighted by molar-refractivity contribution is 7.18. The van der Waals surface area contributed by atoms with Gasteiger partial charge < -0.3 is 9.47 Å². The lowest BCUT2D eigenvalue weighted by molar-refractivity contribution is 0.173. The first-order chi connectivity index (χ1) is 12.8. The molecule has 136 valence electrons. The second-order valence-corrected chi connectivity index (χ2v) is 7.73. The molecule has 0 saturated carbocycles. The molecule has 1 fully saturated rings. The van der Waals surface area contributed by atoms with Crippen LogP contribution < -0.4 is 9.47 Å². The normalized spacial score (nSPS) is 16.0. The largest absolute Gasteiger partial charge is 0.497 e. The highest BCUT2D eigenvalue weighted by Crippen LogP contribution is 2.33. The van der Waals surface area contributed by atoms with E-state index in [9.17, 15) is 0 Å². The summed E-state index contributed by atoms with van der Waals surface area (Å²) in [5.41, 5.74) is 1.14. The summed E-state index contributed by atoms with van der Waals surface area (Å²) in [6, 6.07) is 16.2. The lowest BCUT2D eigenvalue weighted by atomic mass is 9.97. The summed E-state index contributed by atoms with van der Waals surface area (Å²) in [7, 11) is 1.68. The van der Waals surface area contributed by atoms with E-state index in [2.05, 4.69) is 29.2 Å². The Bertz CT molecular complexity index is 823. The standard InChI is InChI=1S/C21H24N2O2S/c1-24-17-5-4-6-18(15-17)25-14-13-23-11-9-16(10-12-23)21-22-19-7-2-3-8-20(19)26-21/h2-8,15-16H,9-14H2,1H3. The van der Waals surface area contributed by atoms with E-state index in [0.29, 0.717) is 12.5 Å². The van der Waals surface area contributed by atoms with Crippen molar-refractivity contribution in [1.29, 1.82) is 0 Å². The molecule has 0 bridgehead atoms. The Labute approximate surface area is 158 Å². The molecule has 0 unspecified atom stereocenters. The predicted molar refractivity (Wildman–Crippen MR) is 107 cm³/mol. The minimum absolute atomic E-state index is 0.600. The number of piperidine rings is 1. The van der Waals surface area contributed by atoms with Crippen LogP contribution in [-0.2, 0) is 0 Å². The molecule has 1 saturated heterocycles. The first kappa shape index (κ1) is 17.3. The molecule has 0 N–H and O–H groups in total. The maximum absolute atomic E-state index is 5.87. The number of ether oxygens (including phenoxy) is 2. The van der Waals surface area contributed by atoms with Gasteiger partial charge in [0.2, 0.25) is 0 Å². The second-order valence-electron chi connectivity index (χ2n) is 6.66. The maximum Gasteiger partial charge on any atom is 0.123 e. The highest BCUT2D eigenvalue weighted by Gasteiger charge is 2.23. The van der Waals surface area contributed by atoms with E-state index in [0.717, 1.165) is 36.6 Å². The fourth-order valence-corrected chi connectivity index (χ4v) is 4.59. The first-order valence-corrected chi connectivity index (χ1v) is 9.98. The zero-order valence-corrected chi connectivity index (χ0v) is 15.9. The summed E-state index contributed by atoms with van der Waals surface area (Å²) < 4.78 is 12.4. The quantitative estimate of drug-likeness (QED) is 0.639. The average molecular weight is 369 g/mol. The van der Waals surface area contributed by atoms with E-state index >= 15 is 0 Å². The molecule has 5 heteroatoms. The van der Waals surface area contributed by atoms with Crippen molar-refractivity contribution in [2.45, 2.75) is 18.8 Å². The molecule has 0 amide bonds. The van der Waals surface area contributed by atoms with Crippen LogP contribution >= 0.6 is 11.3 Å².